The number of halogens is 1. The molecule has 2 aromatic carbocycles. The number of ether oxygens (including phenoxy) is 1. The third kappa shape index (κ3) is 4.09. The van der Waals surface area contributed by atoms with E-state index in [4.69, 9.17) is 4.74 Å². The summed E-state index contributed by atoms with van der Waals surface area (Å²) in [5.41, 5.74) is -0.261. The van der Waals surface area contributed by atoms with E-state index >= 15 is 0 Å². The number of hydrogen-bond donors (Lipinski definition) is 1. The number of nitrogens with zero attached hydrogens (tertiary/aromatic N) is 1. The molecule has 27 heavy (non-hydrogen) atoms. The Labute approximate surface area is 156 Å². The van der Waals surface area contributed by atoms with E-state index in [1.165, 1.54) is 49.4 Å². The van der Waals surface area contributed by atoms with Crippen LogP contribution in [-0.2, 0) is 9.53 Å². The summed E-state index contributed by atoms with van der Waals surface area (Å²) in [7, 11) is 0. The molecule has 9 heteroatoms. The number of amides is 1. The second-order valence-corrected chi connectivity index (χ2v) is 6.69. The van der Waals surface area contributed by atoms with Gasteiger partial charge >= 0.3 is 5.97 Å². The Hall–Kier alpha value is -3.33. The fraction of sp³-hybridized carbons (Fsp3) is 0.111. The number of rotatable bonds is 5. The third-order valence-corrected chi connectivity index (χ3v) is 4.79. The predicted molar refractivity (Wildman–Crippen MR) is 98.4 cm³/mol. The van der Waals surface area contributed by atoms with Gasteiger partial charge < -0.3 is 10.1 Å². The minimum Gasteiger partial charge on any atom is -0.448 e. The van der Waals surface area contributed by atoms with Crippen LogP contribution < -0.4 is 5.32 Å². The van der Waals surface area contributed by atoms with E-state index < -0.39 is 28.7 Å². The molecule has 3 rings (SSSR count). The summed E-state index contributed by atoms with van der Waals surface area (Å²) >= 11 is 1.12. The van der Waals surface area contributed by atoms with Crippen molar-refractivity contribution in [2.24, 2.45) is 0 Å². The molecule has 0 saturated carbocycles. The lowest BCUT2D eigenvalue weighted by molar-refractivity contribution is -0.383. The van der Waals surface area contributed by atoms with Crippen molar-refractivity contribution in [1.29, 1.82) is 0 Å². The fourth-order valence-electron chi connectivity index (χ4n) is 2.36. The largest absolute Gasteiger partial charge is 0.448 e. The van der Waals surface area contributed by atoms with Crippen LogP contribution in [0.25, 0.3) is 10.1 Å². The summed E-state index contributed by atoms with van der Waals surface area (Å²) in [5, 5.41) is 13.9. The smallest absolute Gasteiger partial charge is 0.349 e. The summed E-state index contributed by atoms with van der Waals surface area (Å²) < 4.78 is 19.1. The number of carbonyl (C=O) groups is 2. The number of anilines is 1. The number of carbonyl (C=O) groups excluding carboxylic acids is 2. The maximum absolute atomic E-state index is 13.2. The van der Waals surface area contributed by atoms with Crippen LogP contribution in [0.4, 0.5) is 15.8 Å². The topological polar surface area (TPSA) is 98.5 Å². The standard InChI is InChI=1S/C18H13FN2O5S/c1-10(17(22)20-13-4-2-3-5-14(13)21(24)25)26-18(23)16-9-11-8-12(19)6-7-15(11)27-16/h2-10H,1H3,(H,20,22)/t10-/m0/s1. The van der Waals surface area contributed by atoms with Gasteiger partial charge in [0.2, 0.25) is 0 Å². The van der Waals surface area contributed by atoms with Gasteiger partial charge in [0.05, 0.1) is 4.92 Å². The fourth-order valence-corrected chi connectivity index (χ4v) is 3.29. The third-order valence-electron chi connectivity index (χ3n) is 3.69. The van der Waals surface area contributed by atoms with Crippen molar-refractivity contribution in [3.05, 3.63) is 69.3 Å². The number of esters is 1. The van der Waals surface area contributed by atoms with Crippen LogP contribution in [0.15, 0.2) is 48.5 Å². The van der Waals surface area contributed by atoms with E-state index in [9.17, 15) is 24.1 Å². The minimum atomic E-state index is -1.18. The molecule has 0 radical (unpaired) electrons. The summed E-state index contributed by atoms with van der Waals surface area (Å²) in [5.74, 6) is -1.86. The molecule has 0 aliphatic carbocycles. The van der Waals surface area contributed by atoms with Crippen molar-refractivity contribution in [2.75, 3.05) is 5.32 Å². The summed E-state index contributed by atoms with van der Waals surface area (Å²) in [6.45, 7) is 1.36. The van der Waals surface area contributed by atoms with E-state index in [2.05, 4.69) is 5.32 Å². The van der Waals surface area contributed by atoms with Crippen molar-refractivity contribution in [3.8, 4) is 0 Å². The molecule has 1 aromatic heterocycles. The van der Waals surface area contributed by atoms with Gasteiger partial charge in [0.25, 0.3) is 11.6 Å². The van der Waals surface area contributed by atoms with Crippen molar-refractivity contribution in [1.82, 2.24) is 0 Å². The average molecular weight is 388 g/mol. The van der Waals surface area contributed by atoms with Crippen LogP contribution in [0.2, 0.25) is 0 Å². The molecule has 0 aliphatic heterocycles. The van der Waals surface area contributed by atoms with Gasteiger partial charge in [-0.25, -0.2) is 9.18 Å². The van der Waals surface area contributed by atoms with E-state index in [1.807, 2.05) is 0 Å². The van der Waals surface area contributed by atoms with Gasteiger partial charge in [-0.1, -0.05) is 12.1 Å². The van der Waals surface area contributed by atoms with E-state index in [-0.39, 0.29) is 16.3 Å². The molecule has 1 amide bonds. The molecule has 3 aromatic rings. The molecule has 1 N–H and O–H groups in total. The molecule has 0 saturated heterocycles. The molecule has 138 valence electrons. The predicted octanol–water partition coefficient (Wildman–Crippen LogP) is 4.13. The number of hydrogen-bond acceptors (Lipinski definition) is 6. The van der Waals surface area contributed by atoms with Crippen molar-refractivity contribution in [2.45, 2.75) is 13.0 Å². The highest BCUT2D eigenvalue weighted by Gasteiger charge is 2.23. The van der Waals surface area contributed by atoms with Gasteiger partial charge in [0.1, 0.15) is 16.4 Å². The minimum absolute atomic E-state index is 0.00716. The van der Waals surface area contributed by atoms with Crippen LogP contribution >= 0.6 is 11.3 Å². The van der Waals surface area contributed by atoms with Gasteiger partial charge in [0.15, 0.2) is 6.10 Å². The van der Waals surface area contributed by atoms with Crippen molar-refractivity contribution >= 4 is 44.7 Å². The van der Waals surface area contributed by atoms with Crippen molar-refractivity contribution < 1.29 is 23.6 Å². The number of nitro groups is 1. The number of nitro benzene ring substituents is 1. The molecule has 7 nitrogen and oxygen atoms in total. The lowest BCUT2D eigenvalue weighted by atomic mass is 10.2. The lowest BCUT2D eigenvalue weighted by Crippen LogP contribution is -2.30. The Kier molecular flexibility index (Phi) is 5.13. The first-order valence-corrected chi connectivity index (χ1v) is 8.61. The Bertz CT molecular complexity index is 1050. The van der Waals surface area contributed by atoms with Crippen LogP contribution in [0, 0.1) is 15.9 Å². The highest BCUT2D eigenvalue weighted by atomic mass is 32.1. The van der Waals surface area contributed by atoms with Crippen LogP contribution in [0.3, 0.4) is 0 Å². The monoisotopic (exact) mass is 388 g/mol. The van der Waals surface area contributed by atoms with Gasteiger partial charge in [-0.05, 0) is 42.6 Å². The summed E-state index contributed by atoms with van der Waals surface area (Å²) in [6.07, 6.45) is -1.18. The number of nitrogens with one attached hydrogen (secondary N) is 1. The molecular weight excluding hydrogens is 375 g/mol. The van der Waals surface area contributed by atoms with E-state index in [0.29, 0.717) is 10.1 Å². The maximum atomic E-state index is 13.2. The van der Waals surface area contributed by atoms with Gasteiger partial charge in [-0.3, -0.25) is 14.9 Å². The first kappa shape index (κ1) is 18.5. The molecule has 0 spiro atoms. The Morgan fingerprint density at radius 2 is 1.96 bits per heavy atom. The maximum Gasteiger partial charge on any atom is 0.349 e. The zero-order valence-electron chi connectivity index (χ0n) is 14.0. The van der Waals surface area contributed by atoms with E-state index in [0.717, 1.165) is 11.3 Å². The average Bonchev–Trinajstić information content (AvgIpc) is 3.05. The Balaban J connectivity index is 1.70. The highest BCUT2D eigenvalue weighted by Crippen LogP contribution is 2.27. The number of fused-ring (bicyclic) bond motifs is 1. The Morgan fingerprint density at radius 1 is 1.22 bits per heavy atom. The van der Waals surface area contributed by atoms with Crippen LogP contribution in [-0.4, -0.2) is 22.9 Å². The quantitative estimate of drug-likeness (QED) is 0.402. The molecule has 1 atom stereocenters. The SMILES string of the molecule is C[C@H](OC(=O)c1cc2cc(F)ccc2s1)C(=O)Nc1ccccc1[N+](=O)[O-]. The number of thiophene rings is 1. The Morgan fingerprint density at radius 3 is 2.70 bits per heavy atom. The van der Waals surface area contributed by atoms with Gasteiger partial charge in [-0.2, -0.15) is 0 Å². The lowest BCUT2D eigenvalue weighted by Gasteiger charge is -2.13. The molecule has 0 bridgehead atoms. The number of para-hydroxylation sites is 2. The second-order valence-electron chi connectivity index (χ2n) is 5.60. The van der Waals surface area contributed by atoms with Crippen molar-refractivity contribution in [3.63, 3.8) is 0 Å². The zero-order valence-corrected chi connectivity index (χ0v) is 14.8. The summed E-state index contributed by atoms with van der Waals surface area (Å²) in [4.78, 5) is 35.1. The van der Waals surface area contributed by atoms with Crippen LogP contribution in [0.5, 0.6) is 0 Å². The molecule has 1 heterocycles. The highest BCUT2D eigenvalue weighted by molar-refractivity contribution is 7.20. The number of benzene rings is 2. The zero-order chi connectivity index (χ0) is 19.6. The molecule has 0 fully saturated rings. The second kappa shape index (κ2) is 7.50. The first-order valence-electron chi connectivity index (χ1n) is 7.79. The van der Waals surface area contributed by atoms with E-state index in [1.54, 1.807) is 6.07 Å². The first-order chi connectivity index (χ1) is 12.8. The molecule has 0 unspecified atom stereocenters. The normalized spacial score (nSPS) is 11.8. The molecular formula is C18H13FN2O5S. The summed E-state index contributed by atoms with van der Waals surface area (Å²) in [6, 6.07) is 11.3. The molecule has 0 aliphatic rings. The van der Waals surface area contributed by atoms with Gasteiger partial charge in [-0.15, -0.1) is 11.3 Å². The van der Waals surface area contributed by atoms with Gasteiger partial charge in [0, 0.05) is 10.8 Å². The van der Waals surface area contributed by atoms with Crippen LogP contribution in [0.1, 0.15) is 16.6 Å².